The monoisotopic (exact) mass is 251 g/mol. The van der Waals surface area contributed by atoms with Crippen molar-refractivity contribution in [3.8, 4) is 0 Å². The molecule has 0 amide bonds. The second-order valence-corrected chi connectivity index (χ2v) is 6.64. The summed E-state index contributed by atoms with van der Waals surface area (Å²) in [6.45, 7) is 7.19. The topological polar surface area (TPSA) is 3.24 Å². The Balaban J connectivity index is 1.72. The fourth-order valence-corrected chi connectivity index (χ4v) is 3.86. The number of likely N-dealkylation sites (tertiary alicyclic amines) is 1. The molecule has 2 aliphatic rings. The second-order valence-electron chi connectivity index (χ2n) is 6.64. The van der Waals surface area contributed by atoms with Gasteiger partial charge in [0.05, 0.1) is 0 Å². The number of hydrogen-bond donors (Lipinski definition) is 0. The van der Waals surface area contributed by atoms with Gasteiger partial charge in [0.2, 0.25) is 0 Å². The van der Waals surface area contributed by atoms with Crippen LogP contribution in [0.25, 0.3) is 10.8 Å². The molecule has 2 fully saturated rings. The predicted molar refractivity (Wildman–Crippen MR) is 80.4 cm³/mol. The number of hydrogen-bond acceptors (Lipinski definition) is 1. The largest absolute Gasteiger partial charge is 0.300 e. The molecule has 1 heteroatoms. The Morgan fingerprint density at radius 2 is 1.89 bits per heavy atom. The summed E-state index contributed by atoms with van der Waals surface area (Å²) >= 11 is 0. The molecule has 2 aromatic carbocycles. The maximum absolute atomic E-state index is 2.64. The van der Waals surface area contributed by atoms with Crippen molar-refractivity contribution >= 4 is 10.8 Å². The summed E-state index contributed by atoms with van der Waals surface area (Å²) in [6.07, 6.45) is 1.40. The first-order valence-electron chi connectivity index (χ1n) is 7.42. The molecular formula is C18H21N. The Labute approximate surface area is 115 Å². The molecule has 2 unspecified atom stereocenters. The van der Waals surface area contributed by atoms with Gasteiger partial charge in [-0.05, 0) is 42.5 Å². The molecule has 0 radical (unpaired) electrons. The molecule has 1 saturated heterocycles. The van der Waals surface area contributed by atoms with Crippen LogP contribution in [0, 0.1) is 5.92 Å². The van der Waals surface area contributed by atoms with E-state index in [4.69, 9.17) is 0 Å². The first-order chi connectivity index (χ1) is 9.19. The molecule has 2 aromatic rings. The first kappa shape index (κ1) is 11.5. The van der Waals surface area contributed by atoms with E-state index in [1.165, 1.54) is 30.3 Å². The normalized spacial score (nSPS) is 29.9. The van der Waals surface area contributed by atoms with Crippen LogP contribution in [-0.2, 0) is 5.41 Å². The molecule has 1 heterocycles. The minimum Gasteiger partial charge on any atom is -0.300 e. The van der Waals surface area contributed by atoms with E-state index < -0.39 is 0 Å². The van der Waals surface area contributed by atoms with Crippen molar-refractivity contribution in [3.63, 3.8) is 0 Å². The van der Waals surface area contributed by atoms with Crippen LogP contribution in [0.5, 0.6) is 0 Å². The zero-order valence-corrected chi connectivity index (χ0v) is 11.8. The van der Waals surface area contributed by atoms with Crippen LogP contribution < -0.4 is 0 Å². The fourth-order valence-electron chi connectivity index (χ4n) is 3.86. The van der Waals surface area contributed by atoms with Crippen molar-refractivity contribution in [1.82, 2.24) is 4.90 Å². The first-order valence-corrected chi connectivity index (χ1v) is 7.42. The van der Waals surface area contributed by atoms with Crippen LogP contribution in [0.1, 0.15) is 25.8 Å². The van der Waals surface area contributed by atoms with Crippen LogP contribution in [0.4, 0.5) is 0 Å². The highest BCUT2D eigenvalue weighted by Gasteiger charge is 2.60. The zero-order chi connectivity index (χ0) is 13.0. The summed E-state index contributed by atoms with van der Waals surface area (Å²) in [6, 6.07) is 16.5. The van der Waals surface area contributed by atoms with Gasteiger partial charge in [-0.25, -0.2) is 0 Å². The quantitative estimate of drug-likeness (QED) is 0.784. The molecule has 1 saturated carbocycles. The van der Waals surface area contributed by atoms with E-state index in [-0.39, 0.29) is 0 Å². The summed E-state index contributed by atoms with van der Waals surface area (Å²) in [5.74, 6) is 0.899. The summed E-state index contributed by atoms with van der Waals surface area (Å²) in [7, 11) is 0. The van der Waals surface area contributed by atoms with Crippen LogP contribution in [0.2, 0.25) is 0 Å². The van der Waals surface area contributed by atoms with Gasteiger partial charge in [0.15, 0.2) is 0 Å². The molecule has 2 atom stereocenters. The van der Waals surface area contributed by atoms with Gasteiger partial charge in [0.1, 0.15) is 0 Å². The third kappa shape index (κ3) is 1.64. The van der Waals surface area contributed by atoms with E-state index in [1.54, 1.807) is 5.56 Å². The van der Waals surface area contributed by atoms with Gasteiger partial charge < -0.3 is 0 Å². The van der Waals surface area contributed by atoms with Crippen LogP contribution in [0.15, 0.2) is 42.5 Å². The van der Waals surface area contributed by atoms with Crippen molar-refractivity contribution in [2.24, 2.45) is 5.92 Å². The van der Waals surface area contributed by atoms with Gasteiger partial charge >= 0.3 is 0 Å². The molecule has 0 aromatic heterocycles. The lowest BCUT2D eigenvalue weighted by Gasteiger charge is -2.24. The number of benzene rings is 2. The number of rotatable bonds is 2. The standard InChI is InChI=1S/C18H21N/c1-13(2)19-11-17-10-18(17,12-19)16-8-7-14-5-3-4-6-15(14)9-16/h3-9,13,17H,10-12H2,1-2H3. The summed E-state index contributed by atoms with van der Waals surface area (Å²) in [5, 5.41) is 2.75. The predicted octanol–water partition coefficient (Wildman–Crippen LogP) is 3.82. The Bertz CT molecular complexity index is 630. The molecule has 0 N–H and O–H groups in total. The Morgan fingerprint density at radius 3 is 2.63 bits per heavy atom. The molecule has 0 bridgehead atoms. The molecule has 1 aliphatic carbocycles. The van der Waals surface area contributed by atoms with E-state index in [1.807, 2.05) is 0 Å². The van der Waals surface area contributed by atoms with Crippen LogP contribution >= 0.6 is 0 Å². The third-order valence-corrected chi connectivity index (χ3v) is 5.23. The van der Waals surface area contributed by atoms with Crippen molar-refractivity contribution in [3.05, 3.63) is 48.0 Å². The number of fused-ring (bicyclic) bond motifs is 2. The van der Waals surface area contributed by atoms with Gasteiger partial charge in [-0.2, -0.15) is 0 Å². The minimum atomic E-state index is 0.480. The molecule has 4 rings (SSSR count). The van der Waals surface area contributed by atoms with Gasteiger partial charge in [0, 0.05) is 24.5 Å². The molecular weight excluding hydrogens is 230 g/mol. The number of nitrogens with zero attached hydrogens (tertiary/aromatic N) is 1. The Morgan fingerprint density at radius 1 is 1.11 bits per heavy atom. The average molecular weight is 251 g/mol. The smallest absolute Gasteiger partial charge is 0.0125 e. The highest BCUT2D eigenvalue weighted by Crippen LogP contribution is 2.59. The van der Waals surface area contributed by atoms with Crippen molar-refractivity contribution < 1.29 is 0 Å². The van der Waals surface area contributed by atoms with Crippen LogP contribution in [0.3, 0.4) is 0 Å². The Kier molecular flexibility index (Phi) is 2.32. The third-order valence-electron chi connectivity index (χ3n) is 5.23. The van der Waals surface area contributed by atoms with E-state index in [2.05, 4.69) is 61.2 Å². The average Bonchev–Trinajstić information content (AvgIpc) is 3.00. The van der Waals surface area contributed by atoms with E-state index >= 15 is 0 Å². The van der Waals surface area contributed by atoms with E-state index in [9.17, 15) is 0 Å². The molecule has 0 spiro atoms. The lowest BCUT2D eigenvalue weighted by molar-refractivity contribution is 0.243. The van der Waals surface area contributed by atoms with Crippen LogP contribution in [-0.4, -0.2) is 24.0 Å². The molecule has 19 heavy (non-hydrogen) atoms. The van der Waals surface area contributed by atoms with Gasteiger partial charge in [-0.15, -0.1) is 0 Å². The van der Waals surface area contributed by atoms with Crippen molar-refractivity contribution in [2.45, 2.75) is 31.7 Å². The van der Waals surface area contributed by atoms with Gasteiger partial charge in [0.25, 0.3) is 0 Å². The minimum absolute atomic E-state index is 0.480. The summed E-state index contributed by atoms with van der Waals surface area (Å²) in [5.41, 5.74) is 2.05. The Hall–Kier alpha value is -1.34. The fraction of sp³-hybridized carbons (Fsp3) is 0.444. The van der Waals surface area contributed by atoms with E-state index in [0.717, 1.165) is 5.92 Å². The lowest BCUT2D eigenvalue weighted by Crippen LogP contribution is -2.32. The SMILES string of the molecule is CC(C)N1CC2CC2(c2ccc3ccccc3c2)C1. The van der Waals surface area contributed by atoms with E-state index in [0.29, 0.717) is 11.5 Å². The highest BCUT2D eigenvalue weighted by atomic mass is 15.2. The van der Waals surface area contributed by atoms with Crippen molar-refractivity contribution in [2.75, 3.05) is 13.1 Å². The summed E-state index contributed by atoms with van der Waals surface area (Å²) in [4.78, 5) is 2.64. The van der Waals surface area contributed by atoms with Crippen molar-refractivity contribution in [1.29, 1.82) is 0 Å². The maximum atomic E-state index is 2.64. The molecule has 1 aliphatic heterocycles. The van der Waals surface area contributed by atoms with Gasteiger partial charge in [-0.3, -0.25) is 4.90 Å². The maximum Gasteiger partial charge on any atom is 0.0125 e. The molecule has 1 nitrogen and oxygen atoms in total. The highest BCUT2D eigenvalue weighted by molar-refractivity contribution is 5.83. The number of piperidine rings is 1. The zero-order valence-electron chi connectivity index (χ0n) is 11.8. The summed E-state index contributed by atoms with van der Waals surface area (Å²) < 4.78 is 0. The second kappa shape index (κ2) is 3.83. The lowest BCUT2D eigenvalue weighted by atomic mass is 9.92. The molecule has 98 valence electrons. The van der Waals surface area contributed by atoms with Gasteiger partial charge in [-0.1, -0.05) is 42.5 Å².